The number of primary amides is 1. The van der Waals surface area contributed by atoms with Gasteiger partial charge < -0.3 is 11.1 Å². The third-order valence-corrected chi connectivity index (χ3v) is 5.53. The number of carbonyl (C=O) groups excluding carboxylic acids is 2. The third kappa shape index (κ3) is 4.20. The number of nitrogens with two attached hydrogens (primary N) is 1. The molecule has 2 amide bonds. The number of sulfonamides is 1. The Morgan fingerprint density at radius 3 is 2.54 bits per heavy atom. The van der Waals surface area contributed by atoms with Crippen molar-refractivity contribution in [3.05, 3.63) is 53.6 Å². The van der Waals surface area contributed by atoms with Gasteiger partial charge in [-0.1, -0.05) is 12.1 Å². The zero-order chi connectivity index (χ0) is 18.7. The molecule has 8 heteroatoms. The highest BCUT2D eigenvalue weighted by molar-refractivity contribution is 7.92. The predicted octanol–water partition coefficient (Wildman–Crippen LogP) is 1.79. The fraction of sp³-hybridized carbons (Fsp3) is 0.222. The van der Waals surface area contributed by atoms with Crippen LogP contribution in [0.2, 0.25) is 0 Å². The average molecular weight is 373 g/mol. The Labute approximate surface area is 151 Å². The van der Waals surface area contributed by atoms with E-state index in [1.54, 1.807) is 36.4 Å². The molecule has 0 fully saturated rings. The van der Waals surface area contributed by atoms with Gasteiger partial charge in [0, 0.05) is 24.2 Å². The topological polar surface area (TPSA) is 118 Å². The molecule has 2 aromatic carbocycles. The van der Waals surface area contributed by atoms with Gasteiger partial charge in [0.25, 0.3) is 10.0 Å². The van der Waals surface area contributed by atoms with Gasteiger partial charge in [-0.05, 0) is 54.3 Å². The van der Waals surface area contributed by atoms with Crippen LogP contribution in [0.1, 0.15) is 24.0 Å². The fourth-order valence-corrected chi connectivity index (χ4v) is 3.86. The number of fused-ring (bicyclic) bond motifs is 1. The van der Waals surface area contributed by atoms with E-state index in [2.05, 4.69) is 10.0 Å². The van der Waals surface area contributed by atoms with E-state index in [4.69, 9.17) is 5.73 Å². The smallest absolute Gasteiger partial charge is 0.261 e. The molecule has 1 aliphatic rings. The number of anilines is 2. The lowest BCUT2D eigenvalue weighted by molar-refractivity contribution is -0.118. The van der Waals surface area contributed by atoms with Crippen molar-refractivity contribution in [1.82, 2.24) is 0 Å². The van der Waals surface area contributed by atoms with Crippen LogP contribution < -0.4 is 15.8 Å². The van der Waals surface area contributed by atoms with Gasteiger partial charge in [0.1, 0.15) is 0 Å². The Morgan fingerprint density at radius 2 is 1.85 bits per heavy atom. The summed E-state index contributed by atoms with van der Waals surface area (Å²) in [5, 5.41) is 2.73. The van der Waals surface area contributed by atoms with E-state index < -0.39 is 10.0 Å². The predicted molar refractivity (Wildman–Crippen MR) is 98.2 cm³/mol. The van der Waals surface area contributed by atoms with E-state index in [0.717, 1.165) is 11.1 Å². The lowest BCUT2D eigenvalue weighted by Crippen LogP contribution is -2.20. The average Bonchev–Trinajstić information content (AvgIpc) is 2.60. The summed E-state index contributed by atoms with van der Waals surface area (Å²) >= 11 is 0. The quantitative estimate of drug-likeness (QED) is 0.715. The second-order valence-electron chi connectivity index (χ2n) is 6.14. The van der Waals surface area contributed by atoms with E-state index in [9.17, 15) is 18.0 Å². The highest BCUT2D eigenvalue weighted by Crippen LogP contribution is 2.26. The molecule has 0 unspecified atom stereocenters. The number of aryl methyl sites for hydroxylation is 2. The summed E-state index contributed by atoms with van der Waals surface area (Å²) in [6.07, 6.45) is 1.62. The third-order valence-electron chi connectivity index (χ3n) is 4.15. The van der Waals surface area contributed by atoms with Crippen molar-refractivity contribution in [3.8, 4) is 0 Å². The van der Waals surface area contributed by atoms with Crippen LogP contribution in [0.5, 0.6) is 0 Å². The molecule has 7 nitrogen and oxygen atoms in total. The highest BCUT2D eigenvalue weighted by Gasteiger charge is 2.20. The molecule has 3 rings (SSSR count). The number of nitrogens with one attached hydrogen (secondary N) is 2. The van der Waals surface area contributed by atoms with E-state index in [1.165, 1.54) is 6.07 Å². The van der Waals surface area contributed by atoms with Gasteiger partial charge in [-0.25, -0.2) is 8.42 Å². The number of hydrogen-bond acceptors (Lipinski definition) is 4. The summed E-state index contributed by atoms with van der Waals surface area (Å²) in [6, 6.07) is 11.4. The maximum atomic E-state index is 12.6. The maximum Gasteiger partial charge on any atom is 0.261 e. The number of benzene rings is 2. The second-order valence-corrected chi connectivity index (χ2v) is 7.82. The minimum absolute atomic E-state index is 0.0670. The molecule has 0 saturated heterocycles. The van der Waals surface area contributed by atoms with Gasteiger partial charge in [-0.3, -0.25) is 14.3 Å². The van der Waals surface area contributed by atoms with E-state index >= 15 is 0 Å². The first kappa shape index (κ1) is 17.9. The standard InChI is InChI=1S/C18H19N3O4S/c19-17(22)9-3-12-1-5-14(6-2-12)21-26(24,25)15-7-8-16-13(11-15)4-10-18(23)20-16/h1-2,5-8,11,21H,3-4,9-10H2,(H2,19,22)(H,20,23). The summed E-state index contributed by atoms with van der Waals surface area (Å²) < 4.78 is 27.7. The zero-order valence-corrected chi connectivity index (χ0v) is 14.8. The molecule has 0 aromatic heterocycles. The van der Waals surface area contributed by atoms with Crippen molar-refractivity contribution in [2.45, 2.75) is 30.6 Å². The lowest BCUT2D eigenvalue weighted by atomic mass is 10.0. The summed E-state index contributed by atoms with van der Waals surface area (Å²) in [5.41, 5.74) is 7.90. The van der Waals surface area contributed by atoms with Crippen LogP contribution in [-0.4, -0.2) is 20.2 Å². The molecule has 1 heterocycles. The molecule has 2 aromatic rings. The van der Waals surface area contributed by atoms with Gasteiger partial charge >= 0.3 is 0 Å². The summed E-state index contributed by atoms with van der Waals surface area (Å²) in [4.78, 5) is 22.3. The van der Waals surface area contributed by atoms with Gasteiger partial charge in [-0.2, -0.15) is 0 Å². The van der Waals surface area contributed by atoms with E-state index in [0.29, 0.717) is 30.6 Å². The normalized spacial score (nSPS) is 13.6. The summed E-state index contributed by atoms with van der Waals surface area (Å²) in [6.45, 7) is 0. The first-order chi connectivity index (χ1) is 12.3. The summed E-state index contributed by atoms with van der Waals surface area (Å²) in [5.74, 6) is -0.443. The van der Waals surface area contributed by atoms with Gasteiger partial charge in [0.05, 0.1) is 4.90 Å². The first-order valence-corrected chi connectivity index (χ1v) is 9.65. The second kappa shape index (κ2) is 7.17. The molecular formula is C18H19N3O4S. The van der Waals surface area contributed by atoms with Crippen molar-refractivity contribution in [2.24, 2.45) is 5.73 Å². The number of hydrogen-bond donors (Lipinski definition) is 3. The van der Waals surface area contributed by atoms with Crippen LogP contribution in [0.4, 0.5) is 11.4 Å². The van der Waals surface area contributed by atoms with Crippen LogP contribution in [0.25, 0.3) is 0 Å². The van der Waals surface area contributed by atoms with Crippen LogP contribution in [-0.2, 0) is 32.5 Å². The lowest BCUT2D eigenvalue weighted by Gasteiger charge is -2.18. The van der Waals surface area contributed by atoms with Crippen molar-refractivity contribution < 1.29 is 18.0 Å². The van der Waals surface area contributed by atoms with Gasteiger partial charge in [-0.15, -0.1) is 0 Å². The minimum Gasteiger partial charge on any atom is -0.370 e. The van der Waals surface area contributed by atoms with Crippen molar-refractivity contribution in [3.63, 3.8) is 0 Å². The Morgan fingerprint density at radius 1 is 1.12 bits per heavy atom. The largest absolute Gasteiger partial charge is 0.370 e. The SMILES string of the molecule is NC(=O)CCc1ccc(NS(=O)(=O)c2ccc3c(c2)CCC(=O)N3)cc1. The highest BCUT2D eigenvalue weighted by atomic mass is 32.2. The van der Waals surface area contributed by atoms with Crippen LogP contribution in [0.15, 0.2) is 47.4 Å². The molecule has 0 saturated carbocycles. The van der Waals surface area contributed by atoms with Crippen molar-refractivity contribution in [1.29, 1.82) is 0 Å². The number of carbonyl (C=O) groups is 2. The van der Waals surface area contributed by atoms with Crippen LogP contribution in [0.3, 0.4) is 0 Å². The number of amides is 2. The van der Waals surface area contributed by atoms with E-state index in [-0.39, 0.29) is 23.1 Å². The van der Waals surface area contributed by atoms with Gasteiger partial charge in [0.2, 0.25) is 11.8 Å². The molecule has 136 valence electrons. The molecule has 0 spiro atoms. The maximum absolute atomic E-state index is 12.6. The molecular weight excluding hydrogens is 354 g/mol. The Bertz CT molecular complexity index is 953. The molecule has 0 bridgehead atoms. The monoisotopic (exact) mass is 373 g/mol. The molecule has 0 radical (unpaired) electrons. The zero-order valence-electron chi connectivity index (χ0n) is 14.0. The summed E-state index contributed by atoms with van der Waals surface area (Å²) in [7, 11) is -3.74. The van der Waals surface area contributed by atoms with Crippen molar-refractivity contribution >= 4 is 33.2 Å². The van der Waals surface area contributed by atoms with Crippen LogP contribution >= 0.6 is 0 Å². The van der Waals surface area contributed by atoms with Crippen molar-refractivity contribution in [2.75, 3.05) is 10.0 Å². The molecule has 4 N–H and O–H groups in total. The minimum atomic E-state index is -3.74. The van der Waals surface area contributed by atoms with E-state index in [1.807, 2.05) is 0 Å². The molecule has 0 aliphatic carbocycles. The first-order valence-electron chi connectivity index (χ1n) is 8.16. The Kier molecular flexibility index (Phi) is 4.94. The number of rotatable bonds is 6. The molecule has 1 aliphatic heterocycles. The fourth-order valence-electron chi connectivity index (χ4n) is 2.75. The van der Waals surface area contributed by atoms with Crippen LogP contribution in [0, 0.1) is 0 Å². The Balaban J connectivity index is 1.74. The molecule has 0 atom stereocenters. The van der Waals surface area contributed by atoms with Gasteiger partial charge in [0.15, 0.2) is 0 Å². The molecule has 26 heavy (non-hydrogen) atoms. The Hall–Kier alpha value is -2.87.